The fourth-order valence-electron chi connectivity index (χ4n) is 3.36. The van der Waals surface area contributed by atoms with Crippen LogP contribution < -0.4 is 5.56 Å². The maximum atomic E-state index is 13.3. The molecule has 0 aliphatic heterocycles. The molecule has 3 aromatic rings. The predicted molar refractivity (Wildman–Crippen MR) is 85.2 cm³/mol. The van der Waals surface area contributed by atoms with Crippen molar-refractivity contribution in [2.75, 3.05) is 0 Å². The largest absolute Gasteiger partial charge is 0.417 e. The maximum absolute atomic E-state index is 13.3. The molecule has 3 rings (SSSR count). The van der Waals surface area contributed by atoms with Crippen LogP contribution in [0.1, 0.15) is 23.7 Å². The summed E-state index contributed by atoms with van der Waals surface area (Å²) in [7, 11) is 0. The second kappa shape index (κ2) is 5.78. The molecule has 0 amide bonds. The van der Waals surface area contributed by atoms with Gasteiger partial charge in [0.15, 0.2) is 0 Å². The van der Waals surface area contributed by atoms with Gasteiger partial charge in [0.05, 0.1) is 5.56 Å². The van der Waals surface area contributed by atoms with Crippen LogP contribution in [0.5, 0.6) is 0 Å². The number of alkyl halides is 6. The molecule has 0 radical (unpaired) electrons. The molecule has 9 heteroatoms. The van der Waals surface area contributed by atoms with Gasteiger partial charge in [-0.05, 0) is 31.0 Å². The van der Waals surface area contributed by atoms with E-state index in [2.05, 4.69) is 4.98 Å². The number of benzene rings is 1. The zero-order chi connectivity index (χ0) is 19.4. The van der Waals surface area contributed by atoms with Gasteiger partial charge in [-0.2, -0.15) is 26.3 Å². The minimum Gasteiger partial charge on any atom is -0.335 e. The van der Waals surface area contributed by atoms with Crippen LogP contribution in [-0.2, 0) is 19.1 Å². The monoisotopic (exact) mass is 376 g/mol. The Balaban J connectivity index is 2.46. The van der Waals surface area contributed by atoms with E-state index in [9.17, 15) is 31.1 Å². The van der Waals surface area contributed by atoms with Crippen molar-refractivity contribution in [2.45, 2.75) is 39.2 Å². The Bertz CT molecular complexity index is 1060. The molecule has 0 aliphatic carbocycles. The Morgan fingerprint density at radius 3 is 2.23 bits per heavy atom. The van der Waals surface area contributed by atoms with Gasteiger partial charge in [-0.25, -0.2) is 0 Å². The number of hydrogen-bond donors (Lipinski definition) is 1. The van der Waals surface area contributed by atoms with Crippen LogP contribution >= 0.6 is 0 Å². The summed E-state index contributed by atoms with van der Waals surface area (Å²) in [4.78, 5) is 13.9. The molecular weight excluding hydrogens is 362 g/mol. The van der Waals surface area contributed by atoms with Crippen molar-refractivity contribution in [1.29, 1.82) is 0 Å². The highest BCUT2D eigenvalue weighted by atomic mass is 19.4. The highest BCUT2D eigenvalue weighted by Gasteiger charge is 2.34. The number of aromatic nitrogens is 2. The summed E-state index contributed by atoms with van der Waals surface area (Å²) in [5.74, 6) is 0. The summed E-state index contributed by atoms with van der Waals surface area (Å²) < 4.78 is 79.7. The number of halogens is 6. The van der Waals surface area contributed by atoms with Crippen molar-refractivity contribution >= 4 is 21.8 Å². The molecule has 3 nitrogen and oxygen atoms in total. The van der Waals surface area contributed by atoms with Crippen molar-refractivity contribution in [3.63, 3.8) is 0 Å². The van der Waals surface area contributed by atoms with Gasteiger partial charge in [-0.1, -0.05) is 6.92 Å². The lowest BCUT2D eigenvalue weighted by Crippen LogP contribution is -2.18. The van der Waals surface area contributed by atoms with Crippen LogP contribution in [0.2, 0.25) is 0 Å². The quantitative estimate of drug-likeness (QED) is 0.633. The number of hydrogen-bond acceptors (Lipinski definition) is 1. The zero-order valence-corrected chi connectivity index (χ0v) is 13.8. The van der Waals surface area contributed by atoms with Crippen molar-refractivity contribution < 1.29 is 26.3 Å². The lowest BCUT2D eigenvalue weighted by molar-refractivity contribution is -0.140. The van der Waals surface area contributed by atoms with Crippen LogP contribution in [0.25, 0.3) is 21.8 Å². The second-order valence-corrected chi connectivity index (χ2v) is 6.08. The number of aromatic amines is 1. The normalized spacial score (nSPS) is 13.1. The molecule has 1 N–H and O–H groups in total. The second-order valence-electron chi connectivity index (χ2n) is 6.08. The summed E-state index contributed by atoms with van der Waals surface area (Å²) in [5.41, 5.74) is -1.16. The number of H-pyrrole nitrogens is 1. The van der Waals surface area contributed by atoms with E-state index in [1.165, 1.54) is 13.0 Å². The van der Waals surface area contributed by atoms with Gasteiger partial charge in [0.1, 0.15) is 6.54 Å². The van der Waals surface area contributed by atoms with Gasteiger partial charge < -0.3 is 9.55 Å². The Morgan fingerprint density at radius 1 is 1.04 bits per heavy atom. The molecule has 0 fully saturated rings. The molecular formula is C17H14F6N2O. The smallest absolute Gasteiger partial charge is 0.335 e. The molecule has 0 saturated heterocycles. The number of nitrogens with zero attached hydrogens (tertiary/aromatic N) is 1. The van der Waals surface area contributed by atoms with E-state index in [1.54, 1.807) is 6.92 Å². The van der Waals surface area contributed by atoms with Crippen molar-refractivity contribution in [1.82, 2.24) is 9.55 Å². The van der Waals surface area contributed by atoms with Crippen LogP contribution in [0, 0.1) is 6.92 Å². The SMILES string of the molecule is CCc1c(C)n(CC(F)(F)F)c2cc3c(C(F)(F)F)cc(=O)[nH]c3cc12. The van der Waals surface area contributed by atoms with Crippen LogP contribution in [0.4, 0.5) is 26.3 Å². The first-order chi connectivity index (χ1) is 11.9. The van der Waals surface area contributed by atoms with Gasteiger partial charge in [-0.15, -0.1) is 0 Å². The van der Waals surface area contributed by atoms with Gasteiger partial charge in [-0.3, -0.25) is 4.79 Å². The molecule has 0 unspecified atom stereocenters. The Labute approximate surface area is 143 Å². The van der Waals surface area contributed by atoms with Gasteiger partial charge in [0.2, 0.25) is 5.56 Å². The van der Waals surface area contributed by atoms with Crippen molar-refractivity contribution in [3.05, 3.63) is 45.4 Å². The maximum Gasteiger partial charge on any atom is 0.417 e. The number of fused-ring (bicyclic) bond motifs is 2. The minimum atomic E-state index is -4.80. The Morgan fingerprint density at radius 2 is 1.69 bits per heavy atom. The number of nitrogens with one attached hydrogen (secondary N) is 1. The molecule has 26 heavy (non-hydrogen) atoms. The summed E-state index contributed by atoms with van der Waals surface area (Å²) >= 11 is 0. The van der Waals surface area contributed by atoms with E-state index in [0.717, 1.165) is 10.6 Å². The van der Waals surface area contributed by atoms with E-state index in [4.69, 9.17) is 0 Å². The molecule has 0 atom stereocenters. The zero-order valence-electron chi connectivity index (χ0n) is 13.8. The van der Waals surface area contributed by atoms with E-state index >= 15 is 0 Å². The first-order valence-electron chi connectivity index (χ1n) is 7.75. The van der Waals surface area contributed by atoms with E-state index in [-0.39, 0.29) is 16.4 Å². The third-order valence-corrected chi connectivity index (χ3v) is 4.41. The van der Waals surface area contributed by atoms with Gasteiger partial charge in [0, 0.05) is 33.6 Å². The summed E-state index contributed by atoms with van der Waals surface area (Å²) in [6, 6.07) is 2.81. The minimum absolute atomic E-state index is 0.0572. The van der Waals surface area contributed by atoms with Gasteiger partial charge in [0.25, 0.3) is 0 Å². The first kappa shape index (κ1) is 18.3. The number of pyridine rings is 1. The average Bonchev–Trinajstić information content (AvgIpc) is 2.73. The number of aryl methyl sites for hydroxylation is 1. The fraction of sp³-hybridized carbons (Fsp3) is 0.353. The molecule has 0 spiro atoms. The van der Waals surface area contributed by atoms with Crippen molar-refractivity contribution in [3.8, 4) is 0 Å². The van der Waals surface area contributed by atoms with Gasteiger partial charge >= 0.3 is 12.4 Å². The van der Waals surface area contributed by atoms with Crippen LogP contribution in [0.15, 0.2) is 23.0 Å². The van der Waals surface area contributed by atoms with E-state index in [1.807, 2.05) is 0 Å². The summed E-state index contributed by atoms with van der Waals surface area (Å²) in [6.07, 6.45) is -8.92. The molecule has 2 heterocycles. The third kappa shape index (κ3) is 3.06. The van der Waals surface area contributed by atoms with E-state index < -0.39 is 30.0 Å². The van der Waals surface area contributed by atoms with Crippen LogP contribution in [-0.4, -0.2) is 15.7 Å². The summed E-state index contributed by atoms with van der Waals surface area (Å²) in [5, 5.41) is 0.0601. The molecule has 0 saturated carbocycles. The summed E-state index contributed by atoms with van der Waals surface area (Å²) in [6.45, 7) is 1.95. The molecule has 0 bridgehead atoms. The number of rotatable bonds is 2. The lowest BCUT2D eigenvalue weighted by Gasteiger charge is -2.13. The lowest BCUT2D eigenvalue weighted by atomic mass is 10.0. The highest BCUT2D eigenvalue weighted by Crippen LogP contribution is 2.37. The molecule has 140 valence electrons. The van der Waals surface area contributed by atoms with E-state index in [0.29, 0.717) is 29.1 Å². The standard InChI is InChI=1S/C17H14F6N2O/c1-3-9-8(2)25(7-16(18,19)20)14-5-11-12(17(21,22)23)6-15(26)24-13(11)4-10(9)14/h4-6H,3,7H2,1-2H3,(H,24,26). The topological polar surface area (TPSA) is 37.8 Å². The first-order valence-corrected chi connectivity index (χ1v) is 7.75. The molecule has 2 aromatic heterocycles. The Kier molecular flexibility index (Phi) is 4.08. The predicted octanol–water partition coefficient (Wildman–Crippen LogP) is 4.93. The molecule has 1 aromatic carbocycles. The Hall–Kier alpha value is -2.45. The molecule has 0 aliphatic rings. The van der Waals surface area contributed by atoms with Crippen molar-refractivity contribution in [2.24, 2.45) is 0 Å². The van der Waals surface area contributed by atoms with Crippen LogP contribution in [0.3, 0.4) is 0 Å². The average molecular weight is 376 g/mol. The fourth-order valence-corrected chi connectivity index (χ4v) is 3.36. The third-order valence-electron chi connectivity index (χ3n) is 4.41. The highest BCUT2D eigenvalue weighted by molar-refractivity contribution is 5.99.